The van der Waals surface area contributed by atoms with Gasteiger partial charge in [0.2, 0.25) is 15.9 Å². The third-order valence-electron chi connectivity index (χ3n) is 4.77. The van der Waals surface area contributed by atoms with Gasteiger partial charge in [-0.25, -0.2) is 13.2 Å². The maximum atomic E-state index is 12.6. The minimum atomic E-state index is -5.08. The predicted molar refractivity (Wildman–Crippen MR) is 96.2 cm³/mol. The Morgan fingerprint density at radius 1 is 1.35 bits per heavy atom. The Kier molecular flexibility index (Phi) is 6.62. The quantitative estimate of drug-likeness (QED) is 0.713. The van der Waals surface area contributed by atoms with Crippen molar-refractivity contribution in [2.75, 3.05) is 13.1 Å². The highest BCUT2D eigenvalue weighted by molar-refractivity contribution is 7.89. The number of ether oxygens (including phenoxy) is 1. The minimum absolute atomic E-state index is 0.00287. The second-order valence-electron chi connectivity index (χ2n) is 7.05. The summed E-state index contributed by atoms with van der Waals surface area (Å²) in [6, 6.07) is 3.20. The molecule has 0 saturated carbocycles. The fourth-order valence-electron chi connectivity index (χ4n) is 3.42. The third-order valence-corrected chi connectivity index (χ3v) is 6.58. The summed E-state index contributed by atoms with van der Waals surface area (Å²) in [5.74, 6) is -1.38. The summed E-state index contributed by atoms with van der Waals surface area (Å²) in [5, 5.41) is 10.9. The normalized spacial score (nSPS) is 23.8. The highest BCUT2D eigenvalue weighted by Crippen LogP contribution is 2.36. The van der Waals surface area contributed by atoms with Gasteiger partial charge >= 0.3 is 12.1 Å². The van der Waals surface area contributed by atoms with E-state index in [2.05, 4.69) is 15.1 Å². The number of aliphatic carboxylic acids is 1. The van der Waals surface area contributed by atoms with E-state index in [9.17, 15) is 21.6 Å². The highest BCUT2D eigenvalue weighted by atomic mass is 32.2. The summed E-state index contributed by atoms with van der Waals surface area (Å²) in [4.78, 5) is 17.2. The number of nitrogens with zero attached hydrogens (tertiary/aromatic N) is 4. The molecule has 31 heavy (non-hydrogen) atoms. The summed E-state index contributed by atoms with van der Waals surface area (Å²) >= 11 is 0. The molecule has 2 aliphatic rings. The lowest BCUT2D eigenvalue weighted by Crippen LogP contribution is -2.31. The van der Waals surface area contributed by atoms with E-state index in [-0.39, 0.29) is 23.0 Å². The zero-order valence-corrected chi connectivity index (χ0v) is 17.0. The standard InChI is InChI=1S/C15H18N4O4S.C2HF3O2/c1-10-17-15(23-18-10)6-12-5-11-8-19(9-14(11)22-12)24(20,21)13-3-2-4-16-7-13;3-2(4,5)1(6)7/h2-4,7,11-12,14H,5-6,8-9H2,1H3;(H,6,7)/t11-,12-,14+;/m0./s1. The molecule has 1 N–H and O–H groups in total. The van der Waals surface area contributed by atoms with E-state index < -0.39 is 22.2 Å². The Bertz CT molecular complexity index is 1000. The number of pyridine rings is 1. The van der Waals surface area contributed by atoms with Crippen molar-refractivity contribution in [1.82, 2.24) is 19.4 Å². The van der Waals surface area contributed by atoms with Crippen LogP contribution in [0.15, 0.2) is 33.9 Å². The van der Waals surface area contributed by atoms with Crippen LogP contribution in [0.3, 0.4) is 0 Å². The van der Waals surface area contributed by atoms with E-state index in [0.717, 1.165) is 6.42 Å². The number of sulfonamides is 1. The van der Waals surface area contributed by atoms with Crippen LogP contribution in [0.1, 0.15) is 18.1 Å². The van der Waals surface area contributed by atoms with Gasteiger partial charge in [0.05, 0.1) is 18.6 Å². The van der Waals surface area contributed by atoms with E-state index in [1.807, 2.05) is 0 Å². The van der Waals surface area contributed by atoms with Crippen LogP contribution >= 0.6 is 0 Å². The molecule has 2 aromatic heterocycles. The van der Waals surface area contributed by atoms with Crippen LogP contribution in [-0.2, 0) is 26.0 Å². The molecular weight excluding hydrogens is 445 g/mol. The predicted octanol–water partition coefficient (Wildman–Crippen LogP) is 1.43. The number of aryl methyl sites for hydroxylation is 1. The van der Waals surface area contributed by atoms with E-state index in [0.29, 0.717) is 31.2 Å². The number of halogens is 3. The molecule has 2 aliphatic heterocycles. The fraction of sp³-hybridized carbons (Fsp3) is 0.529. The van der Waals surface area contributed by atoms with Crippen LogP contribution in [0.4, 0.5) is 13.2 Å². The van der Waals surface area contributed by atoms with Crippen molar-refractivity contribution in [2.45, 2.75) is 43.0 Å². The van der Waals surface area contributed by atoms with Crippen LogP contribution in [0.25, 0.3) is 0 Å². The summed E-state index contributed by atoms with van der Waals surface area (Å²) in [6.45, 7) is 2.63. The molecule has 2 fully saturated rings. The van der Waals surface area contributed by atoms with Crippen molar-refractivity contribution in [3.8, 4) is 0 Å². The number of carboxylic acid groups (broad SMARTS) is 1. The number of alkyl halides is 3. The topological polar surface area (TPSA) is 136 Å². The van der Waals surface area contributed by atoms with Crippen molar-refractivity contribution in [3.05, 3.63) is 36.2 Å². The lowest BCUT2D eigenvalue weighted by Gasteiger charge is -2.18. The molecule has 0 unspecified atom stereocenters. The van der Waals surface area contributed by atoms with Crippen LogP contribution in [0.2, 0.25) is 0 Å². The molecular formula is C17H19F3N4O6S. The smallest absolute Gasteiger partial charge is 0.475 e. The van der Waals surface area contributed by atoms with E-state index in [4.69, 9.17) is 19.2 Å². The average molecular weight is 464 g/mol. The second-order valence-corrected chi connectivity index (χ2v) is 8.98. The van der Waals surface area contributed by atoms with Gasteiger partial charge in [-0.15, -0.1) is 0 Å². The molecule has 3 atom stereocenters. The second kappa shape index (κ2) is 8.88. The van der Waals surface area contributed by atoms with Crippen LogP contribution < -0.4 is 0 Å². The number of rotatable bonds is 4. The van der Waals surface area contributed by atoms with Crippen molar-refractivity contribution in [3.63, 3.8) is 0 Å². The first kappa shape index (κ1) is 23.1. The maximum Gasteiger partial charge on any atom is 0.490 e. The number of aromatic nitrogens is 3. The molecule has 0 amide bonds. The molecule has 0 radical (unpaired) electrons. The van der Waals surface area contributed by atoms with Gasteiger partial charge in [-0.1, -0.05) is 5.16 Å². The number of carboxylic acids is 1. The van der Waals surface area contributed by atoms with Gasteiger partial charge in [-0.3, -0.25) is 4.98 Å². The monoisotopic (exact) mass is 464 g/mol. The minimum Gasteiger partial charge on any atom is -0.475 e. The fourth-order valence-corrected chi connectivity index (χ4v) is 4.89. The first-order valence-corrected chi connectivity index (χ1v) is 10.6. The average Bonchev–Trinajstić information content (AvgIpc) is 3.37. The van der Waals surface area contributed by atoms with E-state index in [1.165, 1.54) is 10.5 Å². The molecule has 4 rings (SSSR count). The number of carbonyl (C=O) groups is 1. The Labute approximate surface area is 175 Å². The lowest BCUT2D eigenvalue weighted by atomic mass is 10.0. The summed E-state index contributed by atoms with van der Waals surface area (Å²) in [7, 11) is -3.50. The van der Waals surface area contributed by atoms with E-state index in [1.54, 1.807) is 25.3 Å². The largest absolute Gasteiger partial charge is 0.490 e. The Morgan fingerprint density at radius 3 is 2.58 bits per heavy atom. The van der Waals surface area contributed by atoms with Gasteiger partial charge < -0.3 is 14.4 Å². The first-order chi connectivity index (χ1) is 14.5. The van der Waals surface area contributed by atoms with Gasteiger partial charge in [0.15, 0.2) is 5.82 Å². The number of hydrogen-bond donors (Lipinski definition) is 1. The summed E-state index contributed by atoms with van der Waals surface area (Å²) < 4.78 is 69.6. The van der Waals surface area contributed by atoms with Gasteiger partial charge in [0.1, 0.15) is 4.90 Å². The van der Waals surface area contributed by atoms with Crippen molar-refractivity contribution < 1.29 is 40.8 Å². The van der Waals surface area contributed by atoms with Crippen molar-refractivity contribution in [2.24, 2.45) is 5.92 Å². The zero-order chi connectivity index (χ0) is 22.8. The molecule has 0 aliphatic carbocycles. The molecule has 4 heterocycles. The summed E-state index contributed by atoms with van der Waals surface area (Å²) in [5.41, 5.74) is 0. The van der Waals surface area contributed by atoms with Crippen LogP contribution in [0, 0.1) is 12.8 Å². The van der Waals surface area contributed by atoms with Crippen LogP contribution in [0.5, 0.6) is 0 Å². The molecule has 0 aromatic carbocycles. The first-order valence-electron chi connectivity index (χ1n) is 9.11. The van der Waals surface area contributed by atoms with E-state index >= 15 is 0 Å². The Balaban J connectivity index is 0.000000339. The molecule has 0 spiro atoms. The van der Waals surface area contributed by atoms with Crippen molar-refractivity contribution >= 4 is 16.0 Å². The van der Waals surface area contributed by atoms with Crippen molar-refractivity contribution in [1.29, 1.82) is 0 Å². The molecule has 10 nitrogen and oxygen atoms in total. The number of fused-ring (bicyclic) bond motifs is 1. The van der Waals surface area contributed by atoms with Gasteiger partial charge in [0, 0.05) is 31.4 Å². The van der Waals surface area contributed by atoms with Gasteiger partial charge in [-0.2, -0.15) is 22.5 Å². The number of hydrogen-bond acceptors (Lipinski definition) is 8. The molecule has 2 saturated heterocycles. The lowest BCUT2D eigenvalue weighted by molar-refractivity contribution is -0.192. The Morgan fingerprint density at radius 2 is 2.06 bits per heavy atom. The SMILES string of the molecule is Cc1noc(C[C@@H]2C[C@H]3CN(S(=O)(=O)c4cccnc4)C[C@H]3O2)n1.O=C(O)C(F)(F)F. The Hall–Kier alpha value is -2.58. The van der Waals surface area contributed by atoms with Crippen LogP contribution in [-0.4, -0.2) is 70.4 Å². The van der Waals surface area contributed by atoms with Gasteiger partial charge in [0.25, 0.3) is 0 Å². The third kappa shape index (κ3) is 5.57. The molecule has 170 valence electrons. The van der Waals surface area contributed by atoms with Gasteiger partial charge in [-0.05, 0) is 25.5 Å². The molecule has 0 bridgehead atoms. The molecule has 2 aromatic rings. The maximum absolute atomic E-state index is 12.6. The molecule has 14 heteroatoms. The zero-order valence-electron chi connectivity index (χ0n) is 16.2. The highest BCUT2D eigenvalue weighted by Gasteiger charge is 2.46. The summed E-state index contributed by atoms with van der Waals surface area (Å²) in [6.07, 6.45) is -0.849.